The van der Waals surface area contributed by atoms with Gasteiger partial charge < -0.3 is 33.6 Å². The Hall–Kier alpha value is -4.73. The molecule has 230 valence electrons. The maximum Gasteiger partial charge on any atom is 0.270 e. The van der Waals surface area contributed by atoms with Gasteiger partial charge in [-0.1, -0.05) is 24.3 Å². The minimum atomic E-state index is -0.295. The van der Waals surface area contributed by atoms with Crippen LogP contribution in [0.5, 0.6) is 17.2 Å². The molecule has 1 atom stereocenters. The molecule has 0 saturated heterocycles. The smallest absolute Gasteiger partial charge is 0.270 e. The van der Waals surface area contributed by atoms with Gasteiger partial charge in [-0.15, -0.1) is 0 Å². The van der Waals surface area contributed by atoms with Crippen molar-refractivity contribution in [2.45, 2.75) is 32.2 Å². The van der Waals surface area contributed by atoms with Crippen LogP contribution >= 0.6 is 0 Å². The van der Waals surface area contributed by atoms with Crippen LogP contribution in [0.1, 0.15) is 35.3 Å². The van der Waals surface area contributed by atoms with Crippen LogP contribution in [0, 0.1) is 5.92 Å². The van der Waals surface area contributed by atoms with E-state index in [1.54, 1.807) is 19.5 Å². The third kappa shape index (κ3) is 6.59. The van der Waals surface area contributed by atoms with Crippen LogP contribution in [0.3, 0.4) is 0 Å². The zero-order valence-electron chi connectivity index (χ0n) is 25.1. The number of para-hydroxylation sites is 1. The highest BCUT2D eigenvalue weighted by Crippen LogP contribution is 2.36. The Labute approximate surface area is 257 Å². The van der Waals surface area contributed by atoms with Crippen LogP contribution in [0.15, 0.2) is 73.2 Å². The molecule has 0 spiro atoms. The fourth-order valence-electron chi connectivity index (χ4n) is 6.04. The third-order valence-electron chi connectivity index (χ3n) is 8.32. The second-order valence-corrected chi connectivity index (χ2v) is 11.2. The molecule has 4 heterocycles. The predicted octanol–water partition coefficient (Wildman–Crippen LogP) is 4.67. The van der Waals surface area contributed by atoms with Crippen molar-refractivity contribution in [3.63, 3.8) is 0 Å². The highest BCUT2D eigenvalue weighted by Gasteiger charge is 2.31. The van der Waals surface area contributed by atoms with Crippen molar-refractivity contribution in [2.24, 2.45) is 5.92 Å². The van der Waals surface area contributed by atoms with E-state index < -0.39 is 0 Å². The van der Waals surface area contributed by atoms with Crippen molar-refractivity contribution in [1.82, 2.24) is 24.3 Å². The number of carbonyl (C=O) groups is 2. The van der Waals surface area contributed by atoms with Crippen molar-refractivity contribution in [2.75, 3.05) is 46.5 Å². The molecule has 0 aliphatic carbocycles. The molecule has 0 fully saturated rings. The Morgan fingerprint density at radius 3 is 2.61 bits per heavy atom. The third-order valence-corrected chi connectivity index (χ3v) is 8.32. The number of carbonyl (C=O) groups excluding carboxylic acids is 2. The standard InChI is InChI=1S/C34H39N5O5/c1-42-30-12-5-8-25-22-27(24-44-31(25)30)33(40)39-16-3-2-15-38(34(41)29-11-6-13-35-29)18-7-17-37-19-14-36-32(37)26-9-4-10-28(23-26)43-21-20-39/h4-6,8-14,19,23,27,35H,2-3,7,15-18,20-22,24H2,1H3. The lowest BCUT2D eigenvalue weighted by atomic mass is 9.95. The molecule has 2 aliphatic heterocycles. The van der Waals surface area contributed by atoms with Crippen molar-refractivity contribution >= 4 is 11.8 Å². The molecule has 10 nitrogen and oxygen atoms in total. The molecule has 44 heavy (non-hydrogen) atoms. The molecule has 1 N–H and O–H groups in total. The normalized spacial score (nSPS) is 17.8. The Bertz CT molecular complexity index is 1570. The molecule has 2 aromatic heterocycles. The van der Waals surface area contributed by atoms with Crippen molar-refractivity contribution in [3.8, 4) is 28.6 Å². The van der Waals surface area contributed by atoms with Crippen LogP contribution in [0.4, 0.5) is 0 Å². The molecule has 2 aromatic carbocycles. The van der Waals surface area contributed by atoms with E-state index in [2.05, 4.69) is 14.5 Å². The Morgan fingerprint density at radius 1 is 0.932 bits per heavy atom. The van der Waals surface area contributed by atoms with Gasteiger partial charge in [0.1, 0.15) is 30.5 Å². The Morgan fingerprint density at radius 2 is 1.77 bits per heavy atom. The summed E-state index contributed by atoms with van der Waals surface area (Å²) in [6.45, 7) is 3.64. The highest BCUT2D eigenvalue weighted by molar-refractivity contribution is 5.92. The van der Waals surface area contributed by atoms with Gasteiger partial charge in [0.15, 0.2) is 11.5 Å². The topological polar surface area (TPSA) is 102 Å². The number of ether oxygens (including phenoxy) is 3. The van der Waals surface area contributed by atoms with E-state index in [0.29, 0.717) is 57.3 Å². The van der Waals surface area contributed by atoms with E-state index >= 15 is 0 Å². The molecule has 2 amide bonds. The number of H-pyrrole nitrogens is 1. The van der Waals surface area contributed by atoms with E-state index in [1.165, 1.54) is 0 Å². The number of methoxy groups -OCH3 is 1. The largest absolute Gasteiger partial charge is 0.493 e. The van der Waals surface area contributed by atoms with Crippen LogP contribution in [0.2, 0.25) is 0 Å². The van der Waals surface area contributed by atoms with E-state index in [0.717, 1.165) is 54.3 Å². The summed E-state index contributed by atoms with van der Waals surface area (Å²) in [5.74, 6) is 2.74. The number of amides is 2. The van der Waals surface area contributed by atoms with E-state index in [4.69, 9.17) is 14.2 Å². The van der Waals surface area contributed by atoms with E-state index in [1.807, 2.05) is 70.6 Å². The molecule has 0 radical (unpaired) electrons. The van der Waals surface area contributed by atoms with Crippen molar-refractivity contribution < 1.29 is 23.8 Å². The molecule has 2 bridgehead atoms. The average molecular weight is 598 g/mol. The zero-order valence-corrected chi connectivity index (χ0v) is 25.1. The van der Waals surface area contributed by atoms with Crippen LogP contribution in [-0.2, 0) is 17.8 Å². The van der Waals surface area contributed by atoms with E-state index in [9.17, 15) is 9.59 Å². The summed E-state index contributed by atoms with van der Waals surface area (Å²) < 4.78 is 19.8. The monoisotopic (exact) mass is 597 g/mol. The first-order chi connectivity index (χ1) is 21.6. The minimum absolute atomic E-state index is 0.0127. The number of hydrogen-bond acceptors (Lipinski definition) is 6. The number of imidazole rings is 1. The SMILES string of the molecule is COc1cccc2c1OCC(C(=O)N1CCCCN(C(=O)c3ccc[nH]3)CCCn3ccnc3-c3cccc(c3)OCC1)C2. The first-order valence-corrected chi connectivity index (χ1v) is 15.3. The van der Waals surface area contributed by atoms with Crippen molar-refractivity contribution in [1.29, 1.82) is 0 Å². The fourth-order valence-corrected chi connectivity index (χ4v) is 6.04. The van der Waals surface area contributed by atoms with Gasteiger partial charge in [-0.25, -0.2) is 4.98 Å². The zero-order chi connectivity index (χ0) is 30.3. The number of hydrogen-bond donors (Lipinski definition) is 1. The van der Waals surface area contributed by atoms with Gasteiger partial charge in [0.2, 0.25) is 5.91 Å². The summed E-state index contributed by atoms with van der Waals surface area (Å²) in [6.07, 6.45) is 8.46. The quantitative estimate of drug-likeness (QED) is 0.368. The van der Waals surface area contributed by atoms with Gasteiger partial charge in [0.05, 0.1) is 19.6 Å². The van der Waals surface area contributed by atoms with Crippen molar-refractivity contribution in [3.05, 3.63) is 84.4 Å². The number of fused-ring (bicyclic) bond motifs is 5. The maximum atomic E-state index is 13.9. The van der Waals surface area contributed by atoms with Crippen LogP contribution in [-0.4, -0.2) is 82.7 Å². The van der Waals surface area contributed by atoms with Gasteiger partial charge >= 0.3 is 0 Å². The molecule has 1 unspecified atom stereocenters. The average Bonchev–Trinajstić information content (AvgIpc) is 3.77. The van der Waals surface area contributed by atoms with Crippen LogP contribution in [0.25, 0.3) is 11.4 Å². The lowest BCUT2D eigenvalue weighted by molar-refractivity contribution is -0.137. The molecular weight excluding hydrogens is 558 g/mol. The number of nitrogens with zero attached hydrogens (tertiary/aromatic N) is 4. The van der Waals surface area contributed by atoms with Crippen LogP contribution < -0.4 is 14.2 Å². The number of rotatable bonds is 3. The number of aromatic nitrogens is 3. The first kappa shape index (κ1) is 29.3. The molecule has 0 saturated carbocycles. The second-order valence-electron chi connectivity index (χ2n) is 11.2. The summed E-state index contributed by atoms with van der Waals surface area (Å²) in [6, 6.07) is 17.3. The Kier molecular flexibility index (Phi) is 9.14. The highest BCUT2D eigenvalue weighted by atomic mass is 16.5. The summed E-state index contributed by atoms with van der Waals surface area (Å²) in [4.78, 5) is 38.7. The van der Waals surface area contributed by atoms with Gasteiger partial charge in [0.25, 0.3) is 5.91 Å². The predicted molar refractivity (Wildman–Crippen MR) is 166 cm³/mol. The number of aryl methyl sites for hydroxylation is 1. The molecule has 10 heteroatoms. The molecular formula is C34H39N5O5. The first-order valence-electron chi connectivity index (χ1n) is 15.3. The lowest BCUT2D eigenvalue weighted by Gasteiger charge is -2.31. The van der Waals surface area contributed by atoms with E-state index in [-0.39, 0.29) is 17.7 Å². The number of benzene rings is 2. The fraction of sp³-hybridized carbons (Fsp3) is 0.382. The van der Waals surface area contributed by atoms with Gasteiger partial charge in [0, 0.05) is 50.3 Å². The molecule has 2 aliphatic rings. The maximum absolute atomic E-state index is 13.9. The number of aromatic amines is 1. The molecule has 4 aromatic rings. The molecule has 6 rings (SSSR count). The minimum Gasteiger partial charge on any atom is -0.493 e. The summed E-state index contributed by atoms with van der Waals surface area (Å²) >= 11 is 0. The summed E-state index contributed by atoms with van der Waals surface area (Å²) in [5.41, 5.74) is 2.51. The van der Waals surface area contributed by atoms with Gasteiger partial charge in [-0.05, 0) is 61.6 Å². The summed E-state index contributed by atoms with van der Waals surface area (Å²) in [5, 5.41) is 0. The summed E-state index contributed by atoms with van der Waals surface area (Å²) in [7, 11) is 1.62. The second kappa shape index (κ2) is 13.7. The Balaban J connectivity index is 1.21. The number of nitrogens with one attached hydrogen (secondary N) is 1. The lowest BCUT2D eigenvalue weighted by Crippen LogP contribution is -2.43. The van der Waals surface area contributed by atoms with Gasteiger partial charge in [-0.3, -0.25) is 9.59 Å². The van der Waals surface area contributed by atoms with Gasteiger partial charge in [-0.2, -0.15) is 0 Å².